The van der Waals surface area contributed by atoms with Crippen LogP contribution in [-0.4, -0.2) is 82.3 Å². The number of nitrogens with two attached hydrogens (primary N) is 1. The average Bonchev–Trinajstić information content (AvgIpc) is 3.18. The highest BCUT2D eigenvalue weighted by Gasteiger charge is 2.28. The van der Waals surface area contributed by atoms with Crippen molar-refractivity contribution < 1.29 is 57.7 Å². The molecule has 1 unspecified atom stereocenters. The number of aliphatic hydroxyl groups excluding tert-OH is 2. The van der Waals surface area contributed by atoms with E-state index < -0.39 is 69.9 Å². The Balaban J connectivity index is 4.67. The minimum Gasteiger partial charge on any atom is -0.480 e. The SMILES string of the molecule is CCCCC/C=C\C/C=C\CCCCCCCC(=O)OC[C@H](COP(=O)(O)OC[C@H](N)C(=O)O)OC(=O)CCC[C@H](O)/C=C/C=C\C/C=C\C=C\[C@H](O)CCCCC. The number of hydrogen-bond acceptors (Lipinski definition) is 11. The lowest BCUT2D eigenvalue weighted by Gasteiger charge is -2.20. The number of esters is 2. The number of rotatable bonds is 38. The van der Waals surface area contributed by atoms with E-state index in [-0.39, 0.29) is 25.7 Å². The second kappa shape index (κ2) is 38.1. The highest BCUT2D eigenvalue weighted by molar-refractivity contribution is 7.47. The Morgan fingerprint density at radius 2 is 1.14 bits per heavy atom. The van der Waals surface area contributed by atoms with Gasteiger partial charge in [-0.05, 0) is 64.2 Å². The highest BCUT2D eigenvalue weighted by Crippen LogP contribution is 2.43. The zero-order chi connectivity index (χ0) is 43.1. The molecular weight excluding hydrogens is 765 g/mol. The first-order valence-corrected chi connectivity index (χ1v) is 22.7. The first-order valence-electron chi connectivity index (χ1n) is 21.2. The van der Waals surface area contributed by atoms with E-state index in [9.17, 15) is 34.1 Å². The summed E-state index contributed by atoms with van der Waals surface area (Å²) in [7, 11) is -4.79. The minimum absolute atomic E-state index is 0.0937. The molecule has 0 saturated carbocycles. The maximum Gasteiger partial charge on any atom is 0.472 e. The number of hydrogen-bond donors (Lipinski definition) is 5. The van der Waals surface area contributed by atoms with Crippen LogP contribution >= 0.6 is 7.82 Å². The zero-order valence-corrected chi connectivity index (χ0v) is 36.0. The number of phosphoric ester groups is 1. The standard InChI is InChI=1S/C44H74NO12P/c1-3-5-7-8-9-10-11-12-13-14-15-16-20-23-27-33-42(48)54-35-40(36-55-58(52,53)56-37-41(45)44(50)51)57-43(49)34-28-32-39(47)31-26-22-19-17-18-21-25-30-38(46)29-24-6-4-2/h9-10,12-13,18-19,21-22,25-26,30-31,38-41,46-47H,3-8,11,14-17,20,23-24,27-29,32-37,45H2,1-2H3,(H,50,51)(H,52,53)/b10-9-,13-12-,21-18-,22-19-,30-25+,31-26+/t38-,39-,40-,41+/m1/s1. The monoisotopic (exact) mass is 839 g/mol. The van der Waals surface area contributed by atoms with Gasteiger partial charge in [0.15, 0.2) is 6.10 Å². The van der Waals surface area contributed by atoms with Crippen molar-refractivity contribution in [3.8, 4) is 0 Å². The molecule has 0 aromatic heterocycles. The number of phosphoric acid groups is 1. The van der Waals surface area contributed by atoms with Crippen molar-refractivity contribution in [2.24, 2.45) is 5.73 Å². The molecule has 332 valence electrons. The second-order valence-electron chi connectivity index (χ2n) is 14.2. The number of carbonyl (C=O) groups is 3. The van der Waals surface area contributed by atoms with E-state index in [0.29, 0.717) is 12.8 Å². The van der Waals surface area contributed by atoms with Crippen molar-refractivity contribution in [1.82, 2.24) is 0 Å². The number of aliphatic carboxylic acids is 1. The summed E-state index contributed by atoms with van der Waals surface area (Å²) in [6.45, 7) is 2.41. The summed E-state index contributed by atoms with van der Waals surface area (Å²) in [6, 6.07) is -1.56. The number of aliphatic hydroxyl groups is 2. The maximum absolute atomic E-state index is 12.6. The molecule has 0 bridgehead atoms. The predicted octanol–water partition coefficient (Wildman–Crippen LogP) is 8.89. The number of allylic oxidation sites excluding steroid dienone is 10. The quantitative estimate of drug-likeness (QED) is 0.0129. The molecule has 0 heterocycles. The smallest absolute Gasteiger partial charge is 0.472 e. The van der Waals surface area contributed by atoms with Gasteiger partial charge < -0.3 is 35.4 Å². The Hall–Kier alpha value is -3.16. The van der Waals surface area contributed by atoms with Gasteiger partial charge in [-0.15, -0.1) is 0 Å². The topological polar surface area (TPSA) is 212 Å². The number of carbonyl (C=O) groups excluding carboxylic acids is 2. The van der Waals surface area contributed by atoms with Gasteiger partial charge in [0.25, 0.3) is 0 Å². The number of carboxylic acids is 1. The van der Waals surface area contributed by atoms with Gasteiger partial charge in [0.1, 0.15) is 12.6 Å². The normalized spacial score (nSPS) is 15.6. The molecule has 0 amide bonds. The van der Waals surface area contributed by atoms with E-state index in [1.54, 1.807) is 24.3 Å². The lowest BCUT2D eigenvalue weighted by molar-refractivity contribution is -0.161. The fraction of sp³-hybridized carbons (Fsp3) is 0.659. The Bertz CT molecular complexity index is 1290. The van der Waals surface area contributed by atoms with Gasteiger partial charge in [0.2, 0.25) is 0 Å². The summed E-state index contributed by atoms with van der Waals surface area (Å²) >= 11 is 0. The van der Waals surface area contributed by atoms with Crippen molar-refractivity contribution in [3.63, 3.8) is 0 Å². The van der Waals surface area contributed by atoms with Gasteiger partial charge in [-0.3, -0.25) is 23.4 Å². The van der Waals surface area contributed by atoms with E-state index in [0.717, 1.165) is 70.6 Å². The van der Waals surface area contributed by atoms with Crippen molar-refractivity contribution in [1.29, 1.82) is 0 Å². The molecule has 58 heavy (non-hydrogen) atoms. The van der Waals surface area contributed by atoms with Crippen molar-refractivity contribution in [2.45, 2.75) is 167 Å². The molecule has 0 aromatic carbocycles. The third-order valence-electron chi connectivity index (χ3n) is 8.64. The van der Waals surface area contributed by atoms with Crippen LogP contribution < -0.4 is 5.73 Å². The molecule has 0 aliphatic rings. The first kappa shape index (κ1) is 54.8. The first-order chi connectivity index (χ1) is 27.9. The molecule has 13 nitrogen and oxygen atoms in total. The summed E-state index contributed by atoms with van der Waals surface area (Å²) in [5.74, 6) is -2.67. The van der Waals surface area contributed by atoms with Gasteiger partial charge in [-0.2, -0.15) is 0 Å². The van der Waals surface area contributed by atoms with Crippen LogP contribution in [0.25, 0.3) is 0 Å². The Morgan fingerprint density at radius 1 is 0.621 bits per heavy atom. The third-order valence-corrected chi connectivity index (χ3v) is 9.59. The average molecular weight is 840 g/mol. The van der Waals surface area contributed by atoms with E-state index >= 15 is 0 Å². The highest BCUT2D eigenvalue weighted by atomic mass is 31.2. The zero-order valence-electron chi connectivity index (χ0n) is 35.1. The Kier molecular flexibility index (Phi) is 36.0. The van der Waals surface area contributed by atoms with Crippen LogP contribution in [0.3, 0.4) is 0 Å². The molecule has 0 saturated heterocycles. The summed E-state index contributed by atoms with van der Waals surface area (Å²) in [4.78, 5) is 45.9. The lowest BCUT2D eigenvalue weighted by atomic mass is 10.1. The molecule has 6 N–H and O–H groups in total. The fourth-order valence-electron chi connectivity index (χ4n) is 5.19. The molecule has 0 rings (SSSR count). The fourth-order valence-corrected chi connectivity index (χ4v) is 5.97. The number of ether oxygens (including phenoxy) is 2. The van der Waals surface area contributed by atoms with Crippen LogP contribution in [0.5, 0.6) is 0 Å². The van der Waals surface area contributed by atoms with Gasteiger partial charge >= 0.3 is 25.7 Å². The lowest BCUT2D eigenvalue weighted by Crippen LogP contribution is -2.34. The van der Waals surface area contributed by atoms with E-state index in [1.165, 1.54) is 19.3 Å². The van der Waals surface area contributed by atoms with Gasteiger partial charge in [-0.25, -0.2) is 4.57 Å². The van der Waals surface area contributed by atoms with E-state index in [1.807, 2.05) is 24.3 Å². The van der Waals surface area contributed by atoms with Gasteiger partial charge in [0, 0.05) is 12.8 Å². The molecule has 0 spiro atoms. The Labute approximate surface area is 347 Å². The molecule has 0 aliphatic heterocycles. The van der Waals surface area contributed by atoms with Crippen LogP contribution in [0, 0.1) is 0 Å². The van der Waals surface area contributed by atoms with Crippen LogP contribution in [0.4, 0.5) is 0 Å². The van der Waals surface area contributed by atoms with E-state index in [2.05, 4.69) is 42.7 Å². The molecular formula is C44H74NO12P. The van der Waals surface area contributed by atoms with Crippen molar-refractivity contribution in [3.05, 3.63) is 72.9 Å². The molecule has 0 aromatic rings. The molecule has 0 aliphatic carbocycles. The van der Waals surface area contributed by atoms with E-state index in [4.69, 9.17) is 24.8 Å². The van der Waals surface area contributed by atoms with Crippen LogP contribution in [0.15, 0.2) is 72.9 Å². The molecule has 5 atom stereocenters. The van der Waals surface area contributed by atoms with Crippen LogP contribution in [-0.2, 0) is 37.5 Å². The second-order valence-corrected chi connectivity index (χ2v) is 15.6. The summed E-state index contributed by atoms with van der Waals surface area (Å²) in [5, 5.41) is 29.0. The van der Waals surface area contributed by atoms with Crippen molar-refractivity contribution >= 4 is 25.7 Å². The molecule has 0 radical (unpaired) electrons. The largest absolute Gasteiger partial charge is 0.480 e. The van der Waals surface area contributed by atoms with Gasteiger partial charge in [0.05, 0.1) is 25.4 Å². The van der Waals surface area contributed by atoms with Crippen LogP contribution in [0.1, 0.15) is 142 Å². The number of unbranched alkanes of at least 4 members (excludes halogenated alkanes) is 10. The Morgan fingerprint density at radius 3 is 1.76 bits per heavy atom. The summed E-state index contributed by atoms with van der Waals surface area (Å²) in [5.41, 5.74) is 5.31. The third kappa shape index (κ3) is 37.1. The van der Waals surface area contributed by atoms with Gasteiger partial charge in [-0.1, -0.05) is 138 Å². The number of carboxylic acid groups (broad SMARTS) is 1. The van der Waals surface area contributed by atoms with Crippen LogP contribution in [0.2, 0.25) is 0 Å². The molecule has 0 fully saturated rings. The van der Waals surface area contributed by atoms with Crippen molar-refractivity contribution in [2.75, 3.05) is 19.8 Å². The molecule has 14 heteroatoms. The summed E-state index contributed by atoms with van der Waals surface area (Å²) < 4.78 is 32.5. The predicted molar refractivity (Wildman–Crippen MR) is 229 cm³/mol. The maximum atomic E-state index is 12.6. The minimum atomic E-state index is -4.79. The summed E-state index contributed by atoms with van der Waals surface area (Å²) in [6.07, 6.45) is 37.5.